The van der Waals surface area contributed by atoms with Crippen molar-refractivity contribution in [1.29, 1.82) is 0 Å². The minimum atomic E-state index is -0.651. The predicted octanol–water partition coefficient (Wildman–Crippen LogP) is 2.81. The lowest BCUT2D eigenvalue weighted by Crippen LogP contribution is -2.47. The topological polar surface area (TPSA) is 84.7 Å². The van der Waals surface area contributed by atoms with Crippen molar-refractivity contribution in [3.8, 4) is 0 Å². The second-order valence-electron chi connectivity index (χ2n) is 6.80. The third kappa shape index (κ3) is 7.14. The Labute approximate surface area is 156 Å². The van der Waals surface area contributed by atoms with Gasteiger partial charge in [0.15, 0.2) is 0 Å². The Morgan fingerprint density at radius 2 is 1.77 bits per heavy atom. The zero-order valence-corrected chi connectivity index (χ0v) is 15.5. The van der Waals surface area contributed by atoms with E-state index in [1.807, 2.05) is 30.3 Å². The van der Waals surface area contributed by atoms with Crippen molar-refractivity contribution in [1.82, 2.24) is 10.2 Å². The molecular weight excluding hydrogens is 330 g/mol. The van der Waals surface area contributed by atoms with Gasteiger partial charge in [-0.25, -0.2) is 9.69 Å². The number of carbonyl (C=O) groups excluding carboxylic acids is 2. The molecule has 1 fully saturated rings. The number of carbonyl (C=O) groups is 2. The third-order valence-corrected chi connectivity index (χ3v) is 4.61. The van der Waals surface area contributed by atoms with Crippen LogP contribution >= 0.6 is 0 Å². The summed E-state index contributed by atoms with van der Waals surface area (Å²) in [6.07, 6.45) is 5.80. The molecule has 0 spiro atoms. The van der Waals surface area contributed by atoms with Crippen LogP contribution < -0.4 is 11.1 Å². The largest absolute Gasteiger partial charge is 0.444 e. The molecule has 0 unspecified atom stereocenters. The Morgan fingerprint density at radius 1 is 1.08 bits per heavy atom. The van der Waals surface area contributed by atoms with Gasteiger partial charge in [-0.2, -0.15) is 0 Å². The van der Waals surface area contributed by atoms with Crippen LogP contribution in [0.2, 0.25) is 0 Å². The van der Waals surface area contributed by atoms with Crippen molar-refractivity contribution in [2.75, 3.05) is 19.6 Å². The maximum absolute atomic E-state index is 12.7. The first-order chi connectivity index (χ1) is 12.7. The quantitative estimate of drug-likeness (QED) is 0.846. The summed E-state index contributed by atoms with van der Waals surface area (Å²) >= 11 is 0. The summed E-state index contributed by atoms with van der Waals surface area (Å²) in [5, 5.41) is 3.41. The lowest BCUT2D eigenvalue weighted by molar-refractivity contribution is -0.131. The van der Waals surface area contributed by atoms with Crippen LogP contribution in [-0.4, -0.2) is 42.6 Å². The molecule has 1 heterocycles. The Hall–Kier alpha value is -1.92. The zero-order valence-electron chi connectivity index (χ0n) is 15.5. The van der Waals surface area contributed by atoms with E-state index in [0.717, 1.165) is 57.2 Å². The van der Waals surface area contributed by atoms with Crippen molar-refractivity contribution in [2.24, 2.45) is 5.73 Å². The van der Waals surface area contributed by atoms with Crippen LogP contribution in [0.25, 0.3) is 0 Å². The normalized spacial score (nSPS) is 21.0. The fourth-order valence-corrected chi connectivity index (χ4v) is 3.03. The van der Waals surface area contributed by atoms with Gasteiger partial charge in [0.2, 0.25) is 5.91 Å². The van der Waals surface area contributed by atoms with E-state index in [2.05, 4.69) is 5.32 Å². The fraction of sp³-hybridized carbons (Fsp3) is 0.600. The van der Waals surface area contributed by atoms with Gasteiger partial charge in [-0.05, 0) is 44.3 Å². The van der Waals surface area contributed by atoms with Crippen molar-refractivity contribution < 1.29 is 14.3 Å². The van der Waals surface area contributed by atoms with E-state index >= 15 is 0 Å². The Balaban J connectivity index is 1.94. The molecule has 0 aliphatic carbocycles. The minimum Gasteiger partial charge on any atom is -0.444 e. The first-order valence-corrected chi connectivity index (χ1v) is 9.67. The highest BCUT2D eigenvalue weighted by Crippen LogP contribution is 2.10. The van der Waals surface area contributed by atoms with Gasteiger partial charge in [-0.3, -0.25) is 4.79 Å². The molecule has 6 heteroatoms. The molecule has 0 aromatic heterocycles. The van der Waals surface area contributed by atoms with E-state index in [1.54, 1.807) is 0 Å². The monoisotopic (exact) mass is 361 g/mol. The predicted molar refractivity (Wildman–Crippen MR) is 102 cm³/mol. The molecule has 6 nitrogen and oxygen atoms in total. The van der Waals surface area contributed by atoms with Crippen LogP contribution in [0, 0.1) is 0 Å². The van der Waals surface area contributed by atoms with Crippen molar-refractivity contribution in [3.63, 3.8) is 0 Å². The summed E-state index contributed by atoms with van der Waals surface area (Å²) in [4.78, 5) is 26.3. The summed E-state index contributed by atoms with van der Waals surface area (Å²) in [7, 11) is 0. The van der Waals surface area contributed by atoms with Gasteiger partial charge in [0.25, 0.3) is 0 Å². The highest BCUT2D eigenvalue weighted by Gasteiger charge is 2.27. The molecular formula is C20H31N3O3. The summed E-state index contributed by atoms with van der Waals surface area (Å²) in [5.74, 6) is -0.326. The average Bonchev–Trinajstić information content (AvgIpc) is 2.66. The fourth-order valence-electron chi connectivity index (χ4n) is 3.03. The number of hydrogen-bond donors (Lipinski definition) is 2. The first kappa shape index (κ1) is 20.4. The number of nitrogens with two attached hydrogens (primary N) is 1. The lowest BCUT2D eigenvalue weighted by atomic mass is 10.1. The van der Waals surface area contributed by atoms with Gasteiger partial charge in [0.05, 0.1) is 6.04 Å². The van der Waals surface area contributed by atoms with Gasteiger partial charge in [-0.15, -0.1) is 0 Å². The van der Waals surface area contributed by atoms with Crippen molar-refractivity contribution in [2.45, 2.75) is 57.6 Å². The molecule has 1 aromatic rings. The second kappa shape index (κ2) is 11.6. The third-order valence-electron chi connectivity index (χ3n) is 4.61. The highest BCUT2D eigenvalue weighted by atomic mass is 16.6. The molecule has 0 bridgehead atoms. The van der Waals surface area contributed by atoms with E-state index in [0.29, 0.717) is 13.0 Å². The molecule has 0 saturated carbocycles. The van der Waals surface area contributed by atoms with E-state index in [4.69, 9.17) is 10.5 Å². The maximum Gasteiger partial charge on any atom is 0.416 e. The molecule has 2 amide bonds. The highest BCUT2D eigenvalue weighted by molar-refractivity contribution is 5.94. The van der Waals surface area contributed by atoms with Crippen LogP contribution in [0.3, 0.4) is 0 Å². The van der Waals surface area contributed by atoms with Gasteiger partial charge in [-0.1, -0.05) is 49.6 Å². The maximum atomic E-state index is 12.7. The van der Waals surface area contributed by atoms with Crippen molar-refractivity contribution >= 4 is 12.0 Å². The molecule has 1 aliphatic rings. The number of ether oxygens (including phenoxy) is 1. The van der Waals surface area contributed by atoms with Crippen LogP contribution in [0.1, 0.15) is 50.5 Å². The Morgan fingerprint density at radius 3 is 2.54 bits per heavy atom. The molecule has 144 valence electrons. The summed E-state index contributed by atoms with van der Waals surface area (Å²) in [5.41, 5.74) is 6.94. The van der Waals surface area contributed by atoms with E-state index in [9.17, 15) is 9.59 Å². The molecule has 2 rings (SSSR count). The molecule has 1 saturated heterocycles. The summed E-state index contributed by atoms with van der Waals surface area (Å²) in [6, 6.07) is 8.81. The number of imide groups is 1. The zero-order chi connectivity index (χ0) is 18.6. The lowest BCUT2D eigenvalue weighted by Gasteiger charge is -2.24. The molecule has 1 atom stereocenters. The van der Waals surface area contributed by atoms with Crippen LogP contribution in [0.15, 0.2) is 30.3 Å². The Kier molecular flexibility index (Phi) is 9.14. The number of nitrogens with zero attached hydrogens (tertiary/aromatic N) is 1. The molecule has 3 N–H and O–H groups in total. The summed E-state index contributed by atoms with van der Waals surface area (Å²) < 4.78 is 5.36. The molecule has 0 radical (unpaired) electrons. The van der Waals surface area contributed by atoms with E-state index in [1.165, 1.54) is 4.90 Å². The smallest absolute Gasteiger partial charge is 0.416 e. The SMILES string of the molecule is N[C@H]1CCCCNCCCCCCN(C(=O)OCc2ccccc2)C1=O. The van der Waals surface area contributed by atoms with Gasteiger partial charge >= 0.3 is 6.09 Å². The van der Waals surface area contributed by atoms with Crippen LogP contribution in [-0.2, 0) is 16.1 Å². The van der Waals surface area contributed by atoms with Crippen molar-refractivity contribution in [3.05, 3.63) is 35.9 Å². The van der Waals surface area contributed by atoms with E-state index < -0.39 is 12.1 Å². The summed E-state index contributed by atoms with van der Waals surface area (Å²) in [6.45, 7) is 2.50. The standard InChI is InChI=1S/C20H31N3O3/c21-18-12-6-8-14-22-13-7-1-2-9-15-23(19(18)24)20(25)26-16-17-10-4-3-5-11-17/h3-5,10-11,18,22H,1-2,6-9,12-16,21H2/t18-/m0/s1. The van der Waals surface area contributed by atoms with Gasteiger partial charge in [0.1, 0.15) is 6.61 Å². The van der Waals surface area contributed by atoms with Gasteiger partial charge in [0, 0.05) is 6.54 Å². The average molecular weight is 361 g/mol. The number of rotatable bonds is 2. The van der Waals surface area contributed by atoms with Crippen LogP contribution in [0.5, 0.6) is 0 Å². The number of nitrogens with one attached hydrogen (secondary N) is 1. The van der Waals surface area contributed by atoms with E-state index in [-0.39, 0.29) is 12.5 Å². The minimum absolute atomic E-state index is 0.157. The second-order valence-corrected chi connectivity index (χ2v) is 6.80. The number of amides is 2. The van der Waals surface area contributed by atoms with Gasteiger partial charge < -0.3 is 15.8 Å². The molecule has 1 aliphatic heterocycles. The first-order valence-electron chi connectivity index (χ1n) is 9.67. The van der Waals surface area contributed by atoms with Crippen LogP contribution in [0.4, 0.5) is 4.79 Å². The number of hydrogen-bond acceptors (Lipinski definition) is 5. The Bertz CT molecular complexity index is 550. The molecule has 26 heavy (non-hydrogen) atoms. The number of benzene rings is 1. The molecule has 1 aromatic carbocycles.